The molecule has 0 aliphatic heterocycles. The number of nitrogens with zero attached hydrogens (tertiary/aromatic N) is 5. The van der Waals surface area contributed by atoms with E-state index in [1.165, 1.54) is 4.79 Å². The van der Waals surface area contributed by atoms with Gasteiger partial charge in [-0.25, -0.2) is 0 Å². The molecule has 25 heavy (non-hydrogen) atoms. The van der Waals surface area contributed by atoms with Gasteiger partial charge in [0.15, 0.2) is 0 Å². The van der Waals surface area contributed by atoms with Crippen LogP contribution >= 0.6 is 11.6 Å². The van der Waals surface area contributed by atoms with Crippen LogP contribution in [0.5, 0.6) is 0 Å². The number of para-hydroxylation sites is 1. The number of hydrogen-bond acceptors (Lipinski definition) is 5. The molecule has 0 unspecified atom stereocenters. The van der Waals surface area contributed by atoms with Crippen molar-refractivity contribution in [3.63, 3.8) is 0 Å². The first-order chi connectivity index (χ1) is 12.2. The zero-order chi connectivity index (χ0) is 17.2. The minimum Gasteiger partial charge on any atom is -0.365 e. The molecule has 0 amide bonds. The summed E-state index contributed by atoms with van der Waals surface area (Å²) in [5.41, 5.74) is 12.1. The van der Waals surface area contributed by atoms with Crippen molar-refractivity contribution in [2.75, 3.05) is 11.2 Å². The number of nitrogens with two attached hydrogens (primary N) is 1. The van der Waals surface area contributed by atoms with Crippen LogP contribution in [-0.2, 0) is 13.1 Å². The summed E-state index contributed by atoms with van der Waals surface area (Å²) in [6.07, 6.45) is 2.11. The van der Waals surface area contributed by atoms with E-state index in [0.29, 0.717) is 13.1 Å². The quantitative estimate of drug-likeness (QED) is 0.576. The summed E-state index contributed by atoms with van der Waals surface area (Å²) in [6, 6.07) is 16.1. The summed E-state index contributed by atoms with van der Waals surface area (Å²) in [5, 5.41) is 12.9. The molecule has 4 aromatic rings. The molecular weight excluding hydrogens is 338 g/mol. The Kier molecular flexibility index (Phi) is 3.99. The second kappa shape index (κ2) is 6.45. The van der Waals surface area contributed by atoms with E-state index in [9.17, 15) is 0 Å². The number of aromatic nitrogens is 5. The Morgan fingerprint density at radius 3 is 2.64 bits per heavy atom. The lowest BCUT2D eigenvalue weighted by Gasteiger charge is -2.07. The Bertz CT molecular complexity index is 1020. The monoisotopic (exact) mass is 353 g/mol. The van der Waals surface area contributed by atoms with Crippen molar-refractivity contribution < 1.29 is 0 Å². The molecular formula is C17H16ClN7. The average molecular weight is 354 g/mol. The zero-order valence-corrected chi connectivity index (χ0v) is 14.1. The van der Waals surface area contributed by atoms with Crippen LogP contribution in [0.25, 0.3) is 10.9 Å². The maximum Gasteiger partial charge on any atom is 0.260 e. The minimum absolute atomic E-state index is 0.222. The largest absolute Gasteiger partial charge is 0.365 e. The first-order valence-electron chi connectivity index (χ1n) is 7.80. The molecule has 0 spiro atoms. The van der Waals surface area contributed by atoms with Gasteiger partial charge in [0.2, 0.25) is 0 Å². The van der Waals surface area contributed by atoms with E-state index in [1.807, 2.05) is 36.4 Å². The van der Waals surface area contributed by atoms with Crippen LogP contribution in [0.15, 0.2) is 54.7 Å². The van der Waals surface area contributed by atoms with Crippen molar-refractivity contribution in [3.8, 4) is 0 Å². The van der Waals surface area contributed by atoms with Gasteiger partial charge >= 0.3 is 0 Å². The summed E-state index contributed by atoms with van der Waals surface area (Å²) in [5.74, 6) is 0.222. The molecule has 0 atom stereocenters. The number of benzene rings is 2. The van der Waals surface area contributed by atoms with Crippen molar-refractivity contribution in [1.82, 2.24) is 24.9 Å². The van der Waals surface area contributed by atoms with E-state index < -0.39 is 0 Å². The number of halogens is 1. The first-order valence-corrected chi connectivity index (χ1v) is 8.18. The van der Waals surface area contributed by atoms with Crippen molar-refractivity contribution in [2.45, 2.75) is 13.1 Å². The van der Waals surface area contributed by atoms with E-state index in [4.69, 9.17) is 17.3 Å². The smallest absolute Gasteiger partial charge is 0.260 e. The van der Waals surface area contributed by atoms with Crippen LogP contribution in [0.3, 0.4) is 0 Å². The Labute approximate surface area is 149 Å². The summed E-state index contributed by atoms with van der Waals surface area (Å²) in [4.78, 5) is 1.36. The van der Waals surface area contributed by atoms with Gasteiger partial charge in [0, 0.05) is 28.7 Å². The average Bonchev–Trinajstić information content (AvgIpc) is 3.19. The molecule has 7 nitrogen and oxygen atoms in total. The van der Waals surface area contributed by atoms with Gasteiger partial charge in [-0.3, -0.25) is 0 Å². The Balaban J connectivity index is 1.66. The van der Waals surface area contributed by atoms with Gasteiger partial charge in [0.05, 0.1) is 6.54 Å². The lowest BCUT2D eigenvalue weighted by atomic mass is 10.2. The molecule has 8 heteroatoms. The van der Waals surface area contributed by atoms with Crippen molar-refractivity contribution >= 4 is 28.5 Å². The van der Waals surface area contributed by atoms with Gasteiger partial charge in [-0.1, -0.05) is 53.1 Å². The maximum absolute atomic E-state index is 6.31. The summed E-state index contributed by atoms with van der Waals surface area (Å²) >= 11 is 6.31. The van der Waals surface area contributed by atoms with Crippen LogP contribution in [0, 0.1) is 0 Å². The number of nitrogen functional groups attached to an aromatic ring is 1. The van der Waals surface area contributed by atoms with E-state index in [0.717, 1.165) is 27.1 Å². The summed E-state index contributed by atoms with van der Waals surface area (Å²) in [6.45, 7) is 1.25. The molecule has 0 saturated heterocycles. The van der Waals surface area contributed by atoms with Crippen LogP contribution in [0.2, 0.25) is 5.02 Å². The van der Waals surface area contributed by atoms with Gasteiger partial charge in [0.1, 0.15) is 0 Å². The fourth-order valence-corrected chi connectivity index (χ4v) is 3.07. The van der Waals surface area contributed by atoms with Crippen molar-refractivity contribution in [2.24, 2.45) is 0 Å². The normalized spacial score (nSPS) is 11.1. The van der Waals surface area contributed by atoms with Crippen LogP contribution in [0.4, 0.5) is 5.95 Å². The van der Waals surface area contributed by atoms with E-state index in [-0.39, 0.29) is 5.95 Å². The molecule has 2 aromatic carbocycles. The minimum atomic E-state index is 0.222. The number of hydrogen-bond donors (Lipinski definition) is 2. The maximum atomic E-state index is 6.31. The molecule has 0 bridgehead atoms. The van der Waals surface area contributed by atoms with Gasteiger partial charge < -0.3 is 15.7 Å². The Morgan fingerprint density at radius 1 is 1.04 bits per heavy atom. The first kappa shape index (κ1) is 15.5. The SMILES string of the molecule is Nc1nnnn1NCc1cn(Cc2ccccc2Cl)c2ccccc12. The van der Waals surface area contributed by atoms with Gasteiger partial charge in [-0.15, -0.1) is 4.79 Å². The molecule has 0 radical (unpaired) electrons. The van der Waals surface area contributed by atoms with E-state index in [2.05, 4.69) is 43.8 Å². The van der Waals surface area contributed by atoms with Gasteiger partial charge in [-0.2, -0.15) is 0 Å². The number of nitrogens with one attached hydrogen (secondary N) is 1. The highest BCUT2D eigenvalue weighted by atomic mass is 35.5. The van der Waals surface area contributed by atoms with Gasteiger partial charge in [-0.05, 0) is 33.7 Å². The molecule has 4 rings (SSSR count). The molecule has 0 fully saturated rings. The van der Waals surface area contributed by atoms with Crippen LogP contribution in [0.1, 0.15) is 11.1 Å². The predicted octanol–water partition coefficient (Wildman–Crippen LogP) is 2.66. The Morgan fingerprint density at radius 2 is 1.84 bits per heavy atom. The highest BCUT2D eigenvalue weighted by Crippen LogP contribution is 2.24. The second-order valence-corrected chi connectivity index (χ2v) is 6.08. The summed E-state index contributed by atoms with van der Waals surface area (Å²) in [7, 11) is 0. The van der Waals surface area contributed by atoms with Crippen LogP contribution < -0.4 is 11.2 Å². The lowest BCUT2D eigenvalue weighted by Crippen LogP contribution is -2.18. The van der Waals surface area contributed by atoms with Crippen LogP contribution in [-0.4, -0.2) is 24.9 Å². The molecule has 0 saturated carbocycles. The molecule has 3 N–H and O–H groups in total. The number of rotatable bonds is 5. The third kappa shape index (κ3) is 3.01. The molecule has 2 heterocycles. The van der Waals surface area contributed by atoms with Crippen molar-refractivity contribution in [1.29, 1.82) is 0 Å². The summed E-state index contributed by atoms with van der Waals surface area (Å²) < 4.78 is 2.19. The Hall–Kier alpha value is -3.06. The van der Waals surface area contributed by atoms with E-state index in [1.54, 1.807) is 0 Å². The fraction of sp³-hybridized carbons (Fsp3) is 0.118. The fourth-order valence-electron chi connectivity index (χ4n) is 2.87. The molecule has 0 aliphatic carbocycles. The number of fused-ring (bicyclic) bond motifs is 1. The van der Waals surface area contributed by atoms with E-state index >= 15 is 0 Å². The standard InChI is InChI=1S/C17H16ClN7/c18-15-7-3-1-5-12(15)10-24-11-13(14-6-2-4-8-16(14)24)9-20-25-17(19)21-22-23-25/h1-8,11,20H,9-10H2,(H2,19,21,23). The second-order valence-electron chi connectivity index (χ2n) is 5.67. The number of anilines is 1. The molecule has 2 aromatic heterocycles. The lowest BCUT2D eigenvalue weighted by molar-refractivity contribution is 0.693. The topological polar surface area (TPSA) is 86.6 Å². The van der Waals surface area contributed by atoms with Crippen molar-refractivity contribution in [3.05, 3.63) is 70.9 Å². The predicted molar refractivity (Wildman–Crippen MR) is 97.8 cm³/mol. The molecule has 126 valence electrons. The molecule has 0 aliphatic rings. The zero-order valence-electron chi connectivity index (χ0n) is 13.3. The highest BCUT2D eigenvalue weighted by molar-refractivity contribution is 6.31. The number of tetrazole rings is 1. The third-order valence-corrected chi connectivity index (χ3v) is 4.45. The third-order valence-electron chi connectivity index (χ3n) is 4.08. The van der Waals surface area contributed by atoms with Gasteiger partial charge in [0.25, 0.3) is 5.95 Å². The highest BCUT2D eigenvalue weighted by Gasteiger charge is 2.10.